The number of para-hydroxylation sites is 2. The molecular formula is C24H28N4O. The largest absolute Gasteiger partial charge is 0.369 e. The fourth-order valence-electron chi connectivity index (χ4n) is 4.84. The third kappa shape index (κ3) is 3.29. The number of carbonyl (C=O) groups is 1. The van der Waals surface area contributed by atoms with E-state index in [4.69, 9.17) is 0 Å². The molecule has 0 N–H and O–H groups in total. The molecule has 0 bridgehead atoms. The van der Waals surface area contributed by atoms with Crippen LogP contribution in [0.1, 0.15) is 16.1 Å². The van der Waals surface area contributed by atoms with Crippen LogP contribution in [0.25, 0.3) is 10.9 Å². The number of piperazine rings is 1. The number of rotatable bonds is 4. The quantitative estimate of drug-likeness (QED) is 0.689. The Kier molecular flexibility index (Phi) is 4.76. The molecule has 1 aromatic heterocycles. The summed E-state index contributed by atoms with van der Waals surface area (Å²) in [7, 11) is 2.02. The van der Waals surface area contributed by atoms with Gasteiger partial charge in [-0.3, -0.25) is 9.69 Å². The zero-order valence-corrected chi connectivity index (χ0v) is 17.1. The van der Waals surface area contributed by atoms with Gasteiger partial charge in [0.1, 0.15) is 5.69 Å². The zero-order chi connectivity index (χ0) is 19.8. The van der Waals surface area contributed by atoms with Crippen molar-refractivity contribution in [1.29, 1.82) is 0 Å². The van der Waals surface area contributed by atoms with Crippen molar-refractivity contribution in [3.63, 3.8) is 0 Å². The van der Waals surface area contributed by atoms with E-state index in [1.807, 2.05) is 18.0 Å². The van der Waals surface area contributed by atoms with Crippen LogP contribution in [-0.2, 0) is 13.5 Å². The van der Waals surface area contributed by atoms with Gasteiger partial charge in [0.2, 0.25) is 0 Å². The summed E-state index contributed by atoms with van der Waals surface area (Å²) >= 11 is 0. The Hall–Kier alpha value is -2.79. The van der Waals surface area contributed by atoms with E-state index in [0.29, 0.717) is 0 Å². The van der Waals surface area contributed by atoms with Gasteiger partial charge < -0.3 is 14.4 Å². The average molecular weight is 389 g/mol. The van der Waals surface area contributed by atoms with Gasteiger partial charge in [0.25, 0.3) is 5.91 Å². The molecule has 0 unspecified atom stereocenters. The second-order valence-corrected chi connectivity index (χ2v) is 8.11. The van der Waals surface area contributed by atoms with E-state index in [1.165, 1.54) is 16.6 Å². The number of benzene rings is 2. The minimum Gasteiger partial charge on any atom is -0.369 e. The van der Waals surface area contributed by atoms with Crippen molar-refractivity contribution in [3.05, 3.63) is 65.9 Å². The highest BCUT2D eigenvalue weighted by Crippen LogP contribution is 2.29. The van der Waals surface area contributed by atoms with Crippen molar-refractivity contribution < 1.29 is 4.79 Å². The lowest BCUT2D eigenvalue weighted by Gasteiger charge is -2.37. The second-order valence-electron chi connectivity index (χ2n) is 8.11. The van der Waals surface area contributed by atoms with Crippen molar-refractivity contribution in [2.45, 2.75) is 6.42 Å². The average Bonchev–Trinajstić information content (AvgIpc) is 3.07. The summed E-state index contributed by atoms with van der Waals surface area (Å²) in [5, 5.41) is 1.23. The van der Waals surface area contributed by atoms with Crippen molar-refractivity contribution in [2.24, 2.45) is 7.05 Å². The molecule has 5 rings (SSSR count). The molecule has 1 amide bonds. The molecule has 1 fully saturated rings. The molecule has 5 nitrogen and oxygen atoms in total. The fourth-order valence-corrected chi connectivity index (χ4v) is 4.84. The van der Waals surface area contributed by atoms with Crippen LogP contribution < -0.4 is 4.90 Å². The van der Waals surface area contributed by atoms with Crippen LogP contribution in [0.2, 0.25) is 0 Å². The zero-order valence-electron chi connectivity index (χ0n) is 17.1. The Labute approximate surface area is 172 Å². The Bertz CT molecular complexity index is 1020. The number of hydrogen-bond donors (Lipinski definition) is 0. The Morgan fingerprint density at radius 2 is 1.55 bits per heavy atom. The molecule has 29 heavy (non-hydrogen) atoms. The number of carbonyl (C=O) groups excluding carboxylic acids is 1. The summed E-state index contributed by atoms with van der Waals surface area (Å²) in [6.45, 7) is 6.78. The normalized spacial score (nSPS) is 17.8. The van der Waals surface area contributed by atoms with E-state index in [0.717, 1.165) is 63.4 Å². The predicted molar refractivity (Wildman–Crippen MR) is 118 cm³/mol. The van der Waals surface area contributed by atoms with E-state index < -0.39 is 0 Å². The highest BCUT2D eigenvalue weighted by atomic mass is 16.2. The van der Waals surface area contributed by atoms with E-state index >= 15 is 0 Å². The third-order valence-corrected chi connectivity index (χ3v) is 6.51. The molecule has 5 heteroatoms. The van der Waals surface area contributed by atoms with Gasteiger partial charge in [-0.25, -0.2) is 0 Å². The van der Waals surface area contributed by atoms with E-state index in [2.05, 4.69) is 62.9 Å². The molecule has 2 aliphatic rings. The third-order valence-electron chi connectivity index (χ3n) is 6.51. The number of aryl methyl sites for hydroxylation is 1. The van der Waals surface area contributed by atoms with Crippen LogP contribution in [0.4, 0.5) is 5.69 Å². The van der Waals surface area contributed by atoms with Gasteiger partial charge in [-0.2, -0.15) is 0 Å². The topological polar surface area (TPSA) is 31.7 Å². The lowest BCUT2D eigenvalue weighted by atomic mass is 10.0. The standard InChI is InChI=1S/C24H28N4O/c1-25-22-10-6-5-9-20(22)21-11-12-28(24(29)23(21)25)18-15-26-13-16-27(17-14-26)19-7-3-2-4-8-19/h2-10H,11-18H2,1H3. The van der Waals surface area contributed by atoms with Crippen LogP contribution in [0.5, 0.6) is 0 Å². The molecule has 0 atom stereocenters. The Morgan fingerprint density at radius 1 is 0.828 bits per heavy atom. The summed E-state index contributed by atoms with van der Waals surface area (Å²) in [6.07, 6.45) is 0.949. The van der Waals surface area contributed by atoms with Gasteiger partial charge in [-0.1, -0.05) is 36.4 Å². The summed E-state index contributed by atoms with van der Waals surface area (Å²) in [5.74, 6) is 0.188. The van der Waals surface area contributed by atoms with E-state index in [-0.39, 0.29) is 5.91 Å². The molecule has 0 saturated carbocycles. The first-order valence-electron chi connectivity index (χ1n) is 10.6. The molecule has 2 aliphatic heterocycles. The minimum atomic E-state index is 0.188. The highest BCUT2D eigenvalue weighted by molar-refractivity contribution is 6.02. The summed E-state index contributed by atoms with van der Waals surface area (Å²) in [6, 6.07) is 19.0. The van der Waals surface area contributed by atoms with Gasteiger partial charge in [0.05, 0.1) is 0 Å². The highest BCUT2D eigenvalue weighted by Gasteiger charge is 2.30. The van der Waals surface area contributed by atoms with Crippen LogP contribution in [-0.4, -0.2) is 66.1 Å². The Morgan fingerprint density at radius 3 is 2.34 bits per heavy atom. The molecule has 3 heterocycles. The first kappa shape index (κ1) is 18.3. The lowest BCUT2D eigenvalue weighted by molar-refractivity contribution is 0.0707. The second kappa shape index (κ2) is 7.56. The minimum absolute atomic E-state index is 0.188. The van der Waals surface area contributed by atoms with Gasteiger partial charge in [-0.05, 0) is 30.2 Å². The molecule has 3 aromatic rings. The smallest absolute Gasteiger partial charge is 0.270 e. The number of fused-ring (bicyclic) bond motifs is 3. The monoisotopic (exact) mass is 388 g/mol. The SMILES string of the molecule is Cn1c2c(c3ccccc31)CCN(CCN1CCN(c3ccccc3)CC1)C2=O. The molecule has 1 saturated heterocycles. The van der Waals surface area contributed by atoms with Crippen molar-refractivity contribution in [2.75, 3.05) is 50.7 Å². The fraction of sp³-hybridized carbons (Fsp3) is 0.375. The van der Waals surface area contributed by atoms with Crippen LogP contribution in [0.3, 0.4) is 0 Å². The van der Waals surface area contributed by atoms with Crippen LogP contribution >= 0.6 is 0 Å². The maximum atomic E-state index is 13.2. The van der Waals surface area contributed by atoms with E-state index in [1.54, 1.807) is 0 Å². The predicted octanol–water partition coefficient (Wildman–Crippen LogP) is 3.00. The molecule has 0 aliphatic carbocycles. The Balaban J connectivity index is 1.21. The number of amides is 1. The van der Waals surface area contributed by atoms with Gasteiger partial charge in [-0.15, -0.1) is 0 Å². The first-order chi connectivity index (χ1) is 14.2. The maximum Gasteiger partial charge on any atom is 0.270 e. The molecular weight excluding hydrogens is 360 g/mol. The number of anilines is 1. The van der Waals surface area contributed by atoms with Gasteiger partial charge in [0.15, 0.2) is 0 Å². The lowest BCUT2D eigenvalue weighted by Crippen LogP contribution is -2.49. The summed E-state index contributed by atoms with van der Waals surface area (Å²) in [4.78, 5) is 20.2. The molecule has 150 valence electrons. The van der Waals surface area contributed by atoms with Gasteiger partial charge >= 0.3 is 0 Å². The van der Waals surface area contributed by atoms with Crippen molar-refractivity contribution in [3.8, 4) is 0 Å². The van der Waals surface area contributed by atoms with Crippen molar-refractivity contribution in [1.82, 2.24) is 14.4 Å². The molecule has 0 radical (unpaired) electrons. The molecule has 2 aromatic carbocycles. The van der Waals surface area contributed by atoms with Crippen LogP contribution in [0, 0.1) is 0 Å². The number of nitrogens with zero attached hydrogens (tertiary/aromatic N) is 4. The number of aromatic nitrogens is 1. The maximum absolute atomic E-state index is 13.2. The first-order valence-corrected chi connectivity index (χ1v) is 10.6. The summed E-state index contributed by atoms with van der Waals surface area (Å²) < 4.78 is 2.08. The molecule has 0 spiro atoms. The van der Waals surface area contributed by atoms with E-state index in [9.17, 15) is 4.79 Å². The van der Waals surface area contributed by atoms with Crippen molar-refractivity contribution >= 4 is 22.5 Å². The summed E-state index contributed by atoms with van der Waals surface area (Å²) in [5.41, 5.74) is 4.57. The number of hydrogen-bond acceptors (Lipinski definition) is 3. The van der Waals surface area contributed by atoms with Crippen LogP contribution in [0.15, 0.2) is 54.6 Å². The van der Waals surface area contributed by atoms with Gasteiger partial charge in [0, 0.05) is 69.5 Å².